The Morgan fingerprint density at radius 3 is 2.36 bits per heavy atom. The normalized spacial score (nSPS) is 14.6. The van der Waals surface area contributed by atoms with E-state index in [9.17, 15) is 0 Å². The predicted molar refractivity (Wildman–Crippen MR) is 61.3 cm³/mol. The highest BCUT2D eigenvalue weighted by Gasteiger charge is 1.94. The second-order valence-corrected chi connectivity index (χ2v) is 4.59. The molecular weight excluding hydrogens is 247 g/mol. The van der Waals surface area contributed by atoms with Crippen LogP contribution in [-0.2, 0) is 0 Å². The van der Waals surface area contributed by atoms with Crippen molar-refractivity contribution in [2.45, 2.75) is 33.6 Å². The number of hydrogen-bond acceptors (Lipinski definition) is 0. The molecule has 1 heteroatoms. The molecule has 0 aliphatic carbocycles. The Bertz CT molecular complexity index is 105. The molecule has 0 saturated carbocycles. The highest BCUT2D eigenvalue weighted by atomic mass is 127. The van der Waals surface area contributed by atoms with E-state index in [1.165, 1.54) is 17.3 Å². The summed E-state index contributed by atoms with van der Waals surface area (Å²) in [5, 5.41) is 0. The fraction of sp³-hybridized carbons (Fsp3) is 0.800. The third kappa shape index (κ3) is 8.38. The summed E-state index contributed by atoms with van der Waals surface area (Å²) in [6, 6.07) is 0. The number of allylic oxidation sites excluding steroid dienone is 2. The van der Waals surface area contributed by atoms with Crippen molar-refractivity contribution in [3.05, 3.63) is 12.2 Å². The summed E-state index contributed by atoms with van der Waals surface area (Å²) in [5.74, 6) is 1.57. The minimum Gasteiger partial charge on any atom is -0.0880 e. The Hall–Kier alpha value is 0.470. The zero-order valence-corrected chi connectivity index (χ0v) is 9.97. The molecule has 1 atom stereocenters. The molecular formula is C10H19I. The molecule has 0 unspecified atom stereocenters. The van der Waals surface area contributed by atoms with Gasteiger partial charge in [0.05, 0.1) is 0 Å². The van der Waals surface area contributed by atoms with E-state index in [2.05, 4.69) is 55.5 Å². The van der Waals surface area contributed by atoms with Crippen LogP contribution in [0.3, 0.4) is 0 Å². The maximum atomic E-state index is 2.43. The lowest BCUT2D eigenvalue weighted by molar-refractivity contribution is 0.651. The first-order valence-electron chi connectivity index (χ1n) is 4.39. The fourth-order valence-electron chi connectivity index (χ4n) is 0.851. The Balaban J connectivity index is 3.39. The van der Waals surface area contributed by atoms with Crippen LogP contribution in [-0.4, -0.2) is 4.43 Å². The van der Waals surface area contributed by atoms with E-state index in [1.54, 1.807) is 0 Å². The summed E-state index contributed by atoms with van der Waals surface area (Å²) in [6.07, 6.45) is 7.21. The zero-order chi connectivity index (χ0) is 8.69. The first-order chi connectivity index (χ1) is 5.16. The largest absolute Gasteiger partial charge is 0.0880 e. The van der Waals surface area contributed by atoms with E-state index in [-0.39, 0.29) is 0 Å². The highest BCUT2D eigenvalue weighted by molar-refractivity contribution is 14.1. The molecule has 0 rings (SSSR count). The maximum absolute atomic E-state index is 2.43. The lowest BCUT2D eigenvalue weighted by Crippen LogP contribution is -1.90. The summed E-state index contributed by atoms with van der Waals surface area (Å²) in [7, 11) is 0. The van der Waals surface area contributed by atoms with E-state index in [1.807, 2.05) is 0 Å². The maximum Gasteiger partial charge on any atom is 0.0000771 e. The standard InChI is InChI=1S/C10H19I/c1-9(2)5-4-6-10(3)7-8-11/h4,6,9-10H,5,7-8H2,1-3H3/t10-/m1/s1. The van der Waals surface area contributed by atoms with Gasteiger partial charge in [-0.1, -0.05) is 55.5 Å². The predicted octanol–water partition coefficient (Wildman–Crippen LogP) is 4.05. The number of hydrogen-bond donors (Lipinski definition) is 0. The van der Waals surface area contributed by atoms with Crippen LogP contribution in [0, 0.1) is 11.8 Å². The van der Waals surface area contributed by atoms with Crippen molar-refractivity contribution in [1.82, 2.24) is 0 Å². The summed E-state index contributed by atoms with van der Waals surface area (Å²) in [5.41, 5.74) is 0. The smallest absolute Gasteiger partial charge is 0.0000771 e. The monoisotopic (exact) mass is 266 g/mol. The van der Waals surface area contributed by atoms with Crippen molar-refractivity contribution in [1.29, 1.82) is 0 Å². The van der Waals surface area contributed by atoms with Crippen LogP contribution in [0.25, 0.3) is 0 Å². The van der Waals surface area contributed by atoms with Crippen LogP contribution in [0.2, 0.25) is 0 Å². The summed E-state index contributed by atoms with van der Waals surface area (Å²) >= 11 is 2.43. The van der Waals surface area contributed by atoms with Gasteiger partial charge in [-0.3, -0.25) is 0 Å². The summed E-state index contributed by atoms with van der Waals surface area (Å²) in [6.45, 7) is 6.80. The van der Waals surface area contributed by atoms with Crippen molar-refractivity contribution < 1.29 is 0 Å². The van der Waals surface area contributed by atoms with Crippen molar-refractivity contribution in [3.63, 3.8) is 0 Å². The fourth-order valence-corrected chi connectivity index (χ4v) is 1.83. The summed E-state index contributed by atoms with van der Waals surface area (Å²) in [4.78, 5) is 0. The average Bonchev–Trinajstić information content (AvgIpc) is 1.87. The van der Waals surface area contributed by atoms with E-state index in [0.29, 0.717) is 0 Å². The van der Waals surface area contributed by atoms with Gasteiger partial charge in [0.15, 0.2) is 0 Å². The van der Waals surface area contributed by atoms with Gasteiger partial charge in [0.1, 0.15) is 0 Å². The molecule has 0 aromatic rings. The van der Waals surface area contributed by atoms with Crippen LogP contribution in [0.1, 0.15) is 33.6 Å². The molecule has 0 saturated heterocycles. The molecule has 11 heavy (non-hydrogen) atoms. The van der Waals surface area contributed by atoms with Gasteiger partial charge in [0.25, 0.3) is 0 Å². The molecule has 0 amide bonds. The average molecular weight is 266 g/mol. The zero-order valence-electron chi connectivity index (χ0n) is 7.81. The Morgan fingerprint density at radius 1 is 1.27 bits per heavy atom. The lowest BCUT2D eigenvalue weighted by Gasteiger charge is -2.02. The van der Waals surface area contributed by atoms with Crippen LogP contribution >= 0.6 is 22.6 Å². The second-order valence-electron chi connectivity index (χ2n) is 3.51. The van der Waals surface area contributed by atoms with E-state index < -0.39 is 0 Å². The van der Waals surface area contributed by atoms with Crippen molar-refractivity contribution >= 4 is 22.6 Å². The molecule has 0 fully saturated rings. The Labute approximate surface area is 84.6 Å². The third-order valence-electron chi connectivity index (χ3n) is 1.64. The third-order valence-corrected chi connectivity index (χ3v) is 2.26. The van der Waals surface area contributed by atoms with E-state index in [4.69, 9.17) is 0 Å². The lowest BCUT2D eigenvalue weighted by atomic mass is 10.1. The minimum absolute atomic E-state index is 0.769. The van der Waals surface area contributed by atoms with E-state index in [0.717, 1.165) is 11.8 Å². The number of alkyl halides is 1. The molecule has 0 nitrogen and oxygen atoms in total. The van der Waals surface area contributed by atoms with Gasteiger partial charge >= 0.3 is 0 Å². The van der Waals surface area contributed by atoms with Crippen LogP contribution < -0.4 is 0 Å². The number of halogens is 1. The quantitative estimate of drug-likeness (QED) is 0.400. The molecule has 0 radical (unpaired) electrons. The molecule has 0 aromatic carbocycles. The van der Waals surface area contributed by atoms with Gasteiger partial charge in [-0.15, -0.1) is 0 Å². The molecule has 0 bridgehead atoms. The van der Waals surface area contributed by atoms with Crippen LogP contribution in [0.4, 0.5) is 0 Å². The van der Waals surface area contributed by atoms with Crippen molar-refractivity contribution in [2.75, 3.05) is 4.43 Å². The molecule has 0 aromatic heterocycles. The van der Waals surface area contributed by atoms with Gasteiger partial charge in [0, 0.05) is 4.43 Å². The Morgan fingerprint density at radius 2 is 1.91 bits per heavy atom. The molecule has 66 valence electrons. The Kier molecular flexibility index (Phi) is 7.44. The summed E-state index contributed by atoms with van der Waals surface area (Å²) < 4.78 is 1.27. The van der Waals surface area contributed by atoms with Crippen molar-refractivity contribution in [2.24, 2.45) is 11.8 Å². The SMILES string of the molecule is CC(C)CC=C[C@@H](C)CCI. The molecule has 0 aliphatic rings. The van der Waals surface area contributed by atoms with Crippen LogP contribution in [0.15, 0.2) is 12.2 Å². The first kappa shape index (κ1) is 11.5. The van der Waals surface area contributed by atoms with Gasteiger partial charge in [-0.25, -0.2) is 0 Å². The molecule has 0 N–H and O–H groups in total. The molecule has 0 aliphatic heterocycles. The molecule has 0 heterocycles. The van der Waals surface area contributed by atoms with Gasteiger partial charge in [-0.2, -0.15) is 0 Å². The molecule has 0 spiro atoms. The van der Waals surface area contributed by atoms with Gasteiger partial charge in [0.2, 0.25) is 0 Å². The minimum atomic E-state index is 0.769. The first-order valence-corrected chi connectivity index (χ1v) is 5.92. The number of rotatable bonds is 5. The van der Waals surface area contributed by atoms with E-state index >= 15 is 0 Å². The van der Waals surface area contributed by atoms with Crippen LogP contribution in [0.5, 0.6) is 0 Å². The second kappa shape index (κ2) is 7.14. The van der Waals surface area contributed by atoms with Gasteiger partial charge in [-0.05, 0) is 24.7 Å². The highest BCUT2D eigenvalue weighted by Crippen LogP contribution is 2.08. The topological polar surface area (TPSA) is 0 Å². The van der Waals surface area contributed by atoms with Crippen molar-refractivity contribution in [3.8, 4) is 0 Å². The van der Waals surface area contributed by atoms with Gasteiger partial charge < -0.3 is 0 Å².